The van der Waals surface area contributed by atoms with Gasteiger partial charge in [0, 0.05) is 0 Å². The summed E-state index contributed by atoms with van der Waals surface area (Å²) in [7, 11) is 0. The standard InChI is InChI=1S/C7H11FO2.Na.H/c1-2-3-4-5-6(8)7(9)10;;/h2,6H,1,3-5H2,(H,9,10);;. The van der Waals surface area contributed by atoms with Crippen LogP contribution in [0.1, 0.15) is 19.3 Å². The van der Waals surface area contributed by atoms with Gasteiger partial charge in [-0.1, -0.05) is 6.08 Å². The molecule has 0 aromatic carbocycles. The molecule has 0 aliphatic carbocycles. The summed E-state index contributed by atoms with van der Waals surface area (Å²) in [6, 6.07) is 0. The van der Waals surface area contributed by atoms with Gasteiger partial charge in [-0.15, -0.1) is 6.58 Å². The van der Waals surface area contributed by atoms with Gasteiger partial charge >= 0.3 is 35.5 Å². The summed E-state index contributed by atoms with van der Waals surface area (Å²) in [5, 5.41) is 8.08. The second kappa shape index (κ2) is 8.24. The molecule has 0 heterocycles. The van der Waals surface area contributed by atoms with E-state index in [1.807, 2.05) is 0 Å². The molecular weight excluding hydrogens is 158 g/mol. The normalized spacial score (nSPS) is 11.4. The summed E-state index contributed by atoms with van der Waals surface area (Å²) >= 11 is 0. The molecule has 0 bridgehead atoms. The molecule has 1 unspecified atom stereocenters. The molecule has 0 radical (unpaired) electrons. The summed E-state index contributed by atoms with van der Waals surface area (Å²) in [5.74, 6) is -1.37. The first-order chi connectivity index (χ1) is 4.68. The molecule has 0 spiro atoms. The Morgan fingerprint density at radius 3 is 2.64 bits per heavy atom. The number of alkyl halides is 1. The van der Waals surface area contributed by atoms with Gasteiger partial charge < -0.3 is 5.11 Å². The van der Waals surface area contributed by atoms with Crippen LogP contribution >= 0.6 is 0 Å². The molecule has 0 aromatic heterocycles. The van der Waals surface area contributed by atoms with E-state index in [4.69, 9.17) is 5.11 Å². The Bertz CT molecular complexity index is 128. The van der Waals surface area contributed by atoms with Crippen LogP contribution in [-0.4, -0.2) is 46.8 Å². The number of carboxylic acids is 1. The van der Waals surface area contributed by atoms with Crippen molar-refractivity contribution in [3.8, 4) is 0 Å². The van der Waals surface area contributed by atoms with E-state index < -0.39 is 12.1 Å². The van der Waals surface area contributed by atoms with Crippen LogP contribution in [0.15, 0.2) is 12.7 Å². The van der Waals surface area contributed by atoms with Gasteiger partial charge in [-0.3, -0.25) is 0 Å². The monoisotopic (exact) mass is 170 g/mol. The molecule has 0 rings (SSSR count). The maximum absolute atomic E-state index is 12.2. The molecule has 0 fully saturated rings. The van der Waals surface area contributed by atoms with E-state index in [1.54, 1.807) is 6.08 Å². The van der Waals surface area contributed by atoms with E-state index >= 15 is 0 Å². The van der Waals surface area contributed by atoms with E-state index in [0.717, 1.165) is 0 Å². The quantitative estimate of drug-likeness (QED) is 0.381. The number of unbranched alkanes of at least 4 members (excludes halogenated alkanes) is 1. The van der Waals surface area contributed by atoms with E-state index in [1.165, 1.54) is 0 Å². The molecule has 1 N–H and O–H groups in total. The van der Waals surface area contributed by atoms with E-state index in [2.05, 4.69) is 6.58 Å². The molecule has 0 aliphatic heterocycles. The zero-order valence-electron chi connectivity index (χ0n) is 5.72. The van der Waals surface area contributed by atoms with Crippen LogP contribution in [0.3, 0.4) is 0 Å². The summed E-state index contributed by atoms with van der Waals surface area (Å²) in [6.07, 6.45) is 1.25. The number of halogens is 1. The molecule has 11 heavy (non-hydrogen) atoms. The van der Waals surface area contributed by atoms with Crippen molar-refractivity contribution >= 4 is 35.5 Å². The fourth-order valence-electron chi connectivity index (χ4n) is 0.565. The minimum atomic E-state index is -1.71. The third-order valence-electron chi connectivity index (χ3n) is 1.13. The van der Waals surface area contributed by atoms with Crippen molar-refractivity contribution in [2.75, 3.05) is 0 Å². The van der Waals surface area contributed by atoms with Gasteiger partial charge in [0.2, 0.25) is 0 Å². The first kappa shape index (κ1) is 13.7. The first-order valence-electron chi connectivity index (χ1n) is 3.16. The molecule has 1 atom stereocenters. The first-order valence-corrected chi connectivity index (χ1v) is 3.16. The van der Waals surface area contributed by atoms with Crippen molar-refractivity contribution in [3.05, 3.63) is 12.7 Å². The Hall–Kier alpha value is 0.140. The molecule has 0 saturated carbocycles. The minimum absolute atomic E-state index is 0. The summed E-state index contributed by atoms with van der Waals surface area (Å²) < 4.78 is 12.2. The van der Waals surface area contributed by atoms with Crippen molar-refractivity contribution in [3.63, 3.8) is 0 Å². The summed E-state index contributed by atoms with van der Waals surface area (Å²) in [5.41, 5.74) is 0. The summed E-state index contributed by atoms with van der Waals surface area (Å²) in [4.78, 5) is 9.89. The maximum atomic E-state index is 12.2. The molecule has 60 valence electrons. The second-order valence-electron chi connectivity index (χ2n) is 2.03. The third-order valence-corrected chi connectivity index (χ3v) is 1.13. The summed E-state index contributed by atoms with van der Waals surface area (Å²) in [6.45, 7) is 3.43. The van der Waals surface area contributed by atoms with Crippen molar-refractivity contribution in [1.82, 2.24) is 0 Å². The Morgan fingerprint density at radius 1 is 1.73 bits per heavy atom. The van der Waals surface area contributed by atoms with Crippen LogP contribution in [0.2, 0.25) is 0 Å². The van der Waals surface area contributed by atoms with E-state index in [0.29, 0.717) is 12.8 Å². The predicted molar refractivity (Wildman–Crippen MR) is 43.7 cm³/mol. The Morgan fingerprint density at radius 2 is 2.27 bits per heavy atom. The van der Waals surface area contributed by atoms with Crippen molar-refractivity contribution in [2.45, 2.75) is 25.4 Å². The van der Waals surface area contributed by atoms with Gasteiger partial charge in [-0.2, -0.15) is 0 Å². The van der Waals surface area contributed by atoms with Crippen LogP contribution in [0, 0.1) is 0 Å². The fraction of sp³-hybridized carbons (Fsp3) is 0.571. The van der Waals surface area contributed by atoms with Gasteiger partial charge in [0.05, 0.1) is 0 Å². The molecular formula is C7H12FNaO2. The van der Waals surface area contributed by atoms with E-state index in [-0.39, 0.29) is 36.0 Å². The molecule has 0 saturated heterocycles. The van der Waals surface area contributed by atoms with Crippen LogP contribution in [0.5, 0.6) is 0 Å². The Labute approximate surface area is 87.8 Å². The number of allylic oxidation sites excluding steroid dienone is 1. The molecule has 0 amide bonds. The molecule has 0 aromatic rings. The van der Waals surface area contributed by atoms with Gasteiger partial charge in [-0.05, 0) is 19.3 Å². The number of carbonyl (C=O) groups is 1. The van der Waals surface area contributed by atoms with Crippen LogP contribution in [-0.2, 0) is 4.79 Å². The van der Waals surface area contributed by atoms with Gasteiger partial charge in [0.15, 0.2) is 6.17 Å². The number of rotatable bonds is 5. The average molecular weight is 170 g/mol. The van der Waals surface area contributed by atoms with Crippen molar-refractivity contribution in [2.24, 2.45) is 0 Å². The van der Waals surface area contributed by atoms with Crippen LogP contribution < -0.4 is 0 Å². The van der Waals surface area contributed by atoms with E-state index in [9.17, 15) is 9.18 Å². The molecule has 4 heteroatoms. The van der Waals surface area contributed by atoms with Crippen molar-refractivity contribution < 1.29 is 14.3 Å². The Kier molecular flexibility index (Phi) is 10.3. The Balaban J connectivity index is 0. The number of hydrogen-bond donors (Lipinski definition) is 1. The number of carboxylic acid groups (broad SMARTS) is 1. The average Bonchev–Trinajstić information content (AvgIpc) is 1.88. The number of aliphatic carboxylic acids is 1. The molecule has 2 nitrogen and oxygen atoms in total. The van der Waals surface area contributed by atoms with Gasteiger partial charge in [-0.25, -0.2) is 9.18 Å². The topological polar surface area (TPSA) is 37.3 Å². The van der Waals surface area contributed by atoms with Gasteiger partial charge in [0.25, 0.3) is 0 Å². The van der Waals surface area contributed by atoms with Gasteiger partial charge in [0.1, 0.15) is 0 Å². The van der Waals surface area contributed by atoms with Crippen LogP contribution in [0.4, 0.5) is 4.39 Å². The second-order valence-corrected chi connectivity index (χ2v) is 2.03. The number of hydrogen-bond acceptors (Lipinski definition) is 1. The predicted octanol–water partition coefficient (Wildman–Crippen LogP) is 1.12. The van der Waals surface area contributed by atoms with Crippen molar-refractivity contribution in [1.29, 1.82) is 0 Å². The molecule has 0 aliphatic rings. The fourth-order valence-corrected chi connectivity index (χ4v) is 0.565. The van der Waals surface area contributed by atoms with Crippen LogP contribution in [0.25, 0.3) is 0 Å². The SMILES string of the molecule is C=CCCCC(F)C(=O)O.[NaH]. The zero-order valence-corrected chi connectivity index (χ0v) is 5.72. The third kappa shape index (κ3) is 8.04. The zero-order chi connectivity index (χ0) is 7.98.